The van der Waals surface area contributed by atoms with Crippen molar-refractivity contribution in [3.63, 3.8) is 0 Å². The molecule has 0 saturated carbocycles. The van der Waals surface area contributed by atoms with Gasteiger partial charge in [-0.2, -0.15) is 0 Å². The Morgan fingerprint density at radius 2 is 1.72 bits per heavy atom. The van der Waals surface area contributed by atoms with Gasteiger partial charge in [-0.1, -0.05) is 54.2 Å². The highest BCUT2D eigenvalue weighted by molar-refractivity contribution is 8.00. The summed E-state index contributed by atoms with van der Waals surface area (Å²) in [7, 11) is 0. The molecule has 1 aliphatic rings. The molecule has 0 aliphatic carbocycles. The molecule has 0 atom stereocenters. The van der Waals surface area contributed by atoms with Crippen LogP contribution < -0.4 is 10.2 Å². The van der Waals surface area contributed by atoms with Crippen LogP contribution in [0.25, 0.3) is 10.9 Å². The third kappa shape index (κ3) is 4.43. The molecule has 0 saturated heterocycles. The number of aromatic nitrogens is 2. The Hall–Kier alpha value is -3.45. The van der Waals surface area contributed by atoms with E-state index in [1.165, 1.54) is 35.0 Å². The first kappa shape index (κ1) is 20.5. The number of hydrogen-bond donors (Lipinski definition) is 1. The highest BCUT2D eigenvalue weighted by Gasteiger charge is 2.20. The molecule has 2 heterocycles. The molecule has 0 radical (unpaired) electrons. The molecule has 0 bridgehead atoms. The van der Waals surface area contributed by atoms with E-state index in [0.29, 0.717) is 11.6 Å². The van der Waals surface area contributed by atoms with Gasteiger partial charge in [0.15, 0.2) is 0 Å². The van der Waals surface area contributed by atoms with Crippen molar-refractivity contribution < 1.29 is 9.18 Å². The Kier molecular flexibility index (Phi) is 5.73. The summed E-state index contributed by atoms with van der Waals surface area (Å²) < 4.78 is 13.1. The first-order valence-corrected chi connectivity index (χ1v) is 11.4. The Bertz CT molecular complexity index is 1280. The SMILES string of the molecule is O=C(CSc1nc(N2CCc3ccccc3C2)nc2ccccc12)Nc1ccc(F)cc1. The van der Waals surface area contributed by atoms with Gasteiger partial charge in [-0.25, -0.2) is 14.4 Å². The average molecular weight is 445 g/mol. The maximum atomic E-state index is 13.1. The van der Waals surface area contributed by atoms with E-state index in [9.17, 15) is 9.18 Å². The van der Waals surface area contributed by atoms with Crippen LogP contribution in [0.5, 0.6) is 0 Å². The zero-order valence-electron chi connectivity index (χ0n) is 17.3. The van der Waals surface area contributed by atoms with Gasteiger partial charge in [-0.3, -0.25) is 4.79 Å². The lowest BCUT2D eigenvalue weighted by Gasteiger charge is -2.29. The van der Waals surface area contributed by atoms with Gasteiger partial charge in [0.05, 0.1) is 11.3 Å². The minimum Gasteiger partial charge on any atom is -0.336 e. The van der Waals surface area contributed by atoms with Crippen LogP contribution in [0.4, 0.5) is 16.0 Å². The summed E-state index contributed by atoms with van der Waals surface area (Å²) in [6, 6.07) is 22.1. The van der Waals surface area contributed by atoms with Crippen molar-refractivity contribution in [3.05, 3.63) is 89.7 Å². The minimum atomic E-state index is -0.335. The first-order chi connectivity index (χ1) is 15.7. The maximum Gasteiger partial charge on any atom is 0.234 e. The molecule has 5 nitrogen and oxygen atoms in total. The zero-order chi connectivity index (χ0) is 21.9. The summed E-state index contributed by atoms with van der Waals surface area (Å²) in [5, 5.41) is 4.50. The molecular formula is C25H21FN4OS. The zero-order valence-corrected chi connectivity index (χ0v) is 18.1. The van der Waals surface area contributed by atoms with Crippen LogP contribution >= 0.6 is 11.8 Å². The summed E-state index contributed by atoms with van der Waals surface area (Å²) in [5.41, 5.74) is 4.09. The van der Waals surface area contributed by atoms with Gasteiger partial charge in [0.25, 0.3) is 0 Å². The summed E-state index contributed by atoms with van der Waals surface area (Å²) >= 11 is 1.38. The fourth-order valence-electron chi connectivity index (χ4n) is 3.82. The smallest absolute Gasteiger partial charge is 0.234 e. The minimum absolute atomic E-state index is 0.169. The standard InChI is InChI=1S/C25H21FN4OS/c26-19-9-11-20(12-10-19)27-23(31)16-32-24-21-7-3-4-8-22(21)28-25(29-24)30-14-13-17-5-1-2-6-18(17)15-30/h1-12H,13-16H2,(H,27,31). The summed E-state index contributed by atoms with van der Waals surface area (Å²) in [6.07, 6.45) is 0.953. The van der Waals surface area contributed by atoms with Gasteiger partial charge in [0, 0.05) is 24.2 Å². The maximum absolute atomic E-state index is 13.1. The Labute approximate surface area is 189 Å². The van der Waals surface area contributed by atoms with E-state index >= 15 is 0 Å². The Morgan fingerprint density at radius 1 is 0.969 bits per heavy atom. The van der Waals surface area contributed by atoms with Crippen LogP contribution in [-0.2, 0) is 17.8 Å². The van der Waals surface area contributed by atoms with E-state index < -0.39 is 0 Å². The molecule has 160 valence electrons. The largest absolute Gasteiger partial charge is 0.336 e. The lowest BCUT2D eigenvalue weighted by Crippen LogP contribution is -2.31. The van der Waals surface area contributed by atoms with Gasteiger partial charge in [-0.15, -0.1) is 0 Å². The number of carbonyl (C=O) groups excluding carboxylic acids is 1. The molecule has 0 spiro atoms. The summed E-state index contributed by atoms with van der Waals surface area (Å²) in [4.78, 5) is 24.3. The quantitative estimate of drug-likeness (QED) is 0.344. The third-order valence-electron chi connectivity index (χ3n) is 5.44. The molecule has 7 heteroatoms. The Morgan fingerprint density at radius 3 is 2.56 bits per heavy atom. The van der Waals surface area contributed by atoms with E-state index in [1.807, 2.05) is 24.3 Å². The van der Waals surface area contributed by atoms with E-state index in [-0.39, 0.29) is 17.5 Å². The number of nitrogens with one attached hydrogen (secondary N) is 1. The van der Waals surface area contributed by atoms with Crippen molar-refractivity contribution in [2.45, 2.75) is 18.0 Å². The average Bonchev–Trinajstić information content (AvgIpc) is 2.83. The van der Waals surface area contributed by atoms with Crippen molar-refractivity contribution in [3.8, 4) is 0 Å². The second-order valence-corrected chi connectivity index (χ2v) is 8.59. The summed E-state index contributed by atoms with van der Waals surface area (Å²) in [5.74, 6) is 0.371. The van der Waals surface area contributed by atoms with Crippen LogP contribution in [0.1, 0.15) is 11.1 Å². The Balaban J connectivity index is 1.36. The predicted octanol–water partition coefficient (Wildman–Crippen LogP) is 5.06. The molecule has 5 rings (SSSR count). The van der Waals surface area contributed by atoms with Gasteiger partial charge in [-0.05, 0) is 47.9 Å². The van der Waals surface area contributed by atoms with E-state index in [4.69, 9.17) is 9.97 Å². The van der Waals surface area contributed by atoms with Crippen LogP contribution in [0, 0.1) is 5.82 Å². The van der Waals surface area contributed by atoms with Crippen molar-refractivity contribution in [1.29, 1.82) is 0 Å². The number of thioether (sulfide) groups is 1. The first-order valence-electron chi connectivity index (χ1n) is 10.4. The molecule has 1 N–H and O–H groups in total. The second kappa shape index (κ2) is 8.96. The highest BCUT2D eigenvalue weighted by atomic mass is 32.2. The fourth-order valence-corrected chi connectivity index (χ4v) is 4.63. The fraction of sp³-hybridized carbons (Fsp3) is 0.160. The van der Waals surface area contributed by atoms with Gasteiger partial charge in [0.1, 0.15) is 10.8 Å². The molecule has 1 aliphatic heterocycles. The monoisotopic (exact) mass is 444 g/mol. The number of halogens is 1. The van der Waals surface area contributed by atoms with E-state index in [2.05, 4.69) is 34.5 Å². The van der Waals surface area contributed by atoms with Crippen LogP contribution in [0.2, 0.25) is 0 Å². The van der Waals surface area contributed by atoms with E-state index in [1.54, 1.807) is 12.1 Å². The number of anilines is 2. The van der Waals surface area contributed by atoms with Gasteiger partial charge >= 0.3 is 0 Å². The van der Waals surface area contributed by atoms with Crippen molar-refractivity contribution in [1.82, 2.24) is 9.97 Å². The number of nitrogens with zero attached hydrogens (tertiary/aromatic N) is 3. The van der Waals surface area contributed by atoms with E-state index in [0.717, 1.165) is 35.4 Å². The number of para-hydroxylation sites is 1. The molecule has 32 heavy (non-hydrogen) atoms. The number of hydrogen-bond acceptors (Lipinski definition) is 5. The number of carbonyl (C=O) groups is 1. The normalized spacial score (nSPS) is 13.1. The van der Waals surface area contributed by atoms with Crippen molar-refractivity contribution in [2.75, 3.05) is 22.5 Å². The lowest BCUT2D eigenvalue weighted by molar-refractivity contribution is -0.113. The molecule has 3 aromatic carbocycles. The molecule has 0 unspecified atom stereocenters. The van der Waals surface area contributed by atoms with Crippen LogP contribution in [0.3, 0.4) is 0 Å². The van der Waals surface area contributed by atoms with Crippen molar-refractivity contribution in [2.24, 2.45) is 0 Å². The molecule has 0 fully saturated rings. The second-order valence-electron chi connectivity index (χ2n) is 7.63. The molecule has 1 amide bonds. The van der Waals surface area contributed by atoms with Crippen LogP contribution in [-0.4, -0.2) is 28.2 Å². The lowest BCUT2D eigenvalue weighted by atomic mass is 10.0. The number of rotatable bonds is 5. The highest BCUT2D eigenvalue weighted by Crippen LogP contribution is 2.29. The van der Waals surface area contributed by atoms with Crippen molar-refractivity contribution >= 4 is 40.2 Å². The number of benzene rings is 3. The van der Waals surface area contributed by atoms with Crippen LogP contribution in [0.15, 0.2) is 77.8 Å². The number of fused-ring (bicyclic) bond motifs is 2. The molecule has 1 aromatic heterocycles. The van der Waals surface area contributed by atoms with Gasteiger partial charge in [0.2, 0.25) is 11.9 Å². The summed E-state index contributed by atoms with van der Waals surface area (Å²) in [6.45, 7) is 1.62. The molecular weight excluding hydrogens is 423 g/mol. The predicted molar refractivity (Wildman–Crippen MR) is 126 cm³/mol. The molecule has 4 aromatic rings. The topological polar surface area (TPSA) is 58.1 Å². The third-order valence-corrected chi connectivity index (χ3v) is 6.43. The number of amides is 1. The van der Waals surface area contributed by atoms with Gasteiger partial charge < -0.3 is 10.2 Å².